The maximum Gasteiger partial charge on any atom is 0.337 e. The molecule has 8 nitrogen and oxygen atoms in total. The molecule has 3 aliphatic heterocycles. The van der Waals surface area contributed by atoms with Crippen molar-refractivity contribution in [2.45, 2.75) is 49.1 Å². The van der Waals surface area contributed by atoms with Crippen LogP contribution in [-0.4, -0.2) is 67.2 Å². The Hall–Kier alpha value is -2.52. The zero-order chi connectivity index (χ0) is 22.6. The van der Waals surface area contributed by atoms with E-state index >= 15 is 0 Å². The van der Waals surface area contributed by atoms with Crippen LogP contribution in [0.25, 0.3) is 0 Å². The van der Waals surface area contributed by atoms with E-state index < -0.39 is 0 Å². The summed E-state index contributed by atoms with van der Waals surface area (Å²) in [6.07, 6.45) is 4.96. The van der Waals surface area contributed by atoms with Crippen LogP contribution in [0.4, 0.5) is 11.8 Å². The summed E-state index contributed by atoms with van der Waals surface area (Å²) < 4.78 is 16.4. The number of nitrogens with one attached hydrogen (secondary N) is 1. The quantitative estimate of drug-likeness (QED) is 0.637. The SMILES string of the molecule is COC(=O)c1ccc(OC2CCN(c3nc4c(c(NC5CCOCC5)n3)SCC4)CC2)cc1. The van der Waals surface area contributed by atoms with E-state index in [0.717, 1.165) is 81.7 Å². The third-order valence-corrected chi connectivity index (χ3v) is 7.50. The maximum atomic E-state index is 11.6. The van der Waals surface area contributed by atoms with Crippen molar-refractivity contribution in [3.05, 3.63) is 35.5 Å². The number of benzene rings is 1. The standard InChI is InChI=1S/C24H30N4O4S/c1-30-23(29)16-2-4-18(5-3-16)32-19-6-11-28(12-7-19)24-26-20-10-15-33-21(20)22(27-24)25-17-8-13-31-14-9-17/h2-5,17,19H,6-15H2,1H3,(H,25,26,27). The van der Waals surface area contributed by atoms with Crippen LogP contribution in [0, 0.1) is 0 Å². The van der Waals surface area contributed by atoms with Crippen LogP contribution in [0.1, 0.15) is 41.7 Å². The topological polar surface area (TPSA) is 85.8 Å². The fourth-order valence-electron chi connectivity index (χ4n) is 4.48. The molecule has 33 heavy (non-hydrogen) atoms. The van der Waals surface area contributed by atoms with Crippen LogP contribution in [0.3, 0.4) is 0 Å². The lowest BCUT2D eigenvalue weighted by molar-refractivity contribution is 0.0600. The molecule has 9 heteroatoms. The summed E-state index contributed by atoms with van der Waals surface area (Å²) in [7, 11) is 1.38. The van der Waals surface area contributed by atoms with Crippen molar-refractivity contribution in [1.29, 1.82) is 0 Å². The Morgan fingerprint density at radius 1 is 1.12 bits per heavy atom. The molecule has 2 fully saturated rings. The molecule has 2 aromatic rings. The molecular formula is C24H30N4O4S. The van der Waals surface area contributed by atoms with E-state index in [1.165, 1.54) is 17.7 Å². The predicted octanol–water partition coefficient (Wildman–Crippen LogP) is 3.55. The summed E-state index contributed by atoms with van der Waals surface area (Å²) in [6, 6.07) is 7.54. The number of aryl methyl sites for hydroxylation is 1. The van der Waals surface area contributed by atoms with Gasteiger partial charge in [-0.1, -0.05) is 0 Å². The van der Waals surface area contributed by atoms with E-state index in [1.54, 1.807) is 12.1 Å². The molecule has 1 aromatic heterocycles. The normalized spacial score (nSPS) is 19.2. The first kappa shape index (κ1) is 22.3. The number of rotatable bonds is 6. The molecule has 0 spiro atoms. The Kier molecular flexibility index (Phi) is 6.87. The molecule has 0 atom stereocenters. The van der Waals surface area contributed by atoms with Crippen LogP contribution >= 0.6 is 11.8 Å². The van der Waals surface area contributed by atoms with E-state index in [-0.39, 0.29) is 12.1 Å². The highest BCUT2D eigenvalue weighted by molar-refractivity contribution is 7.99. The smallest absolute Gasteiger partial charge is 0.337 e. The van der Waals surface area contributed by atoms with Gasteiger partial charge in [0.2, 0.25) is 5.95 Å². The number of anilines is 2. The van der Waals surface area contributed by atoms with Gasteiger partial charge >= 0.3 is 5.97 Å². The van der Waals surface area contributed by atoms with E-state index in [0.29, 0.717) is 11.6 Å². The number of ether oxygens (including phenoxy) is 3. The lowest BCUT2D eigenvalue weighted by Gasteiger charge is -2.33. The maximum absolute atomic E-state index is 11.6. The zero-order valence-corrected chi connectivity index (χ0v) is 19.7. The van der Waals surface area contributed by atoms with E-state index in [1.807, 2.05) is 23.9 Å². The molecule has 1 aromatic carbocycles. The molecule has 5 rings (SSSR count). The number of thioether (sulfide) groups is 1. The van der Waals surface area contributed by atoms with Gasteiger partial charge in [0.15, 0.2) is 0 Å². The highest BCUT2D eigenvalue weighted by Crippen LogP contribution is 2.37. The third kappa shape index (κ3) is 5.19. The summed E-state index contributed by atoms with van der Waals surface area (Å²) in [5.74, 6) is 3.32. The van der Waals surface area contributed by atoms with Crippen molar-refractivity contribution in [2.24, 2.45) is 0 Å². The van der Waals surface area contributed by atoms with Crippen LogP contribution in [0.15, 0.2) is 29.2 Å². The second-order valence-corrected chi connectivity index (χ2v) is 9.70. The van der Waals surface area contributed by atoms with Gasteiger partial charge in [-0.2, -0.15) is 4.98 Å². The Balaban J connectivity index is 1.21. The average molecular weight is 471 g/mol. The van der Waals surface area contributed by atoms with Gasteiger partial charge < -0.3 is 24.4 Å². The minimum absolute atomic E-state index is 0.134. The number of fused-ring (bicyclic) bond motifs is 1. The number of methoxy groups -OCH3 is 1. The number of aromatic nitrogens is 2. The van der Waals surface area contributed by atoms with Crippen LogP contribution in [0.5, 0.6) is 5.75 Å². The van der Waals surface area contributed by atoms with Crippen molar-refractivity contribution < 1.29 is 19.0 Å². The Morgan fingerprint density at radius 2 is 1.88 bits per heavy atom. The van der Waals surface area contributed by atoms with Gasteiger partial charge in [0.05, 0.1) is 23.3 Å². The van der Waals surface area contributed by atoms with Crippen molar-refractivity contribution in [1.82, 2.24) is 9.97 Å². The van der Waals surface area contributed by atoms with Crippen LogP contribution in [-0.2, 0) is 15.9 Å². The predicted molar refractivity (Wildman–Crippen MR) is 128 cm³/mol. The summed E-state index contributed by atoms with van der Waals surface area (Å²) in [6.45, 7) is 3.33. The highest BCUT2D eigenvalue weighted by atomic mass is 32.2. The monoisotopic (exact) mass is 470 g/mol. The highest BCUT2D eigenvalue weighted by Gasteiger charge is 2.27. The third-order valence-electron chi connectivity index (χ3n) is 6.37. The van der Waals surface area contributed by atoms with E-state index in [2.05, 4.69) is 10.2 Å². The number of carbonyl (C=O) groups is 1. The molecule has 3 aliphatic rings. The summed E-state index contributed by atoms with van der Waals surface area (Å²) in [5, 5.41) is 3.68. The van der Waals surface area contributed by atoms with Crippen LogP contribution < -0.4 is 15.0 Å². The van der Waals surface area contributed by atoms with Gasteiger partial charge in [-0.05, 0) is 37.1 Å². The van der Waals surface area contributed by atoms with Gasteiger partial charge in [-0.25, -0.2) is 9.78 Å². The minimum Gasteiger partial charge on any atom is -0.490 e. The molecule has 2 saturated heterocycles. The lowest BCUT2D eigenvalue weighted by atomic mass is 10.1. The fraction of sp³-hybridized carbons (Fsp3) is 0.542. The minimum atomic E-state index is -0.340. The molecule has 0 radical (unpaired) electrons. The molecule has 0 bridgehead atoms. The first-order valence-electron chi connectivity index (χ1n) is 11.7. The Morgan fingerprint density at radius 3 is 2.61 bits per heavy atom. The second kappa shape index (κ2) is 10.2. The van der Waals surface area contributed by atoms with Crippen molar-refractivity contribution in [2.75, 3.05) is 49.4 Å². The molecule has 176 valence electrons. The van der Waals surface area contributed by atoms with Crippen molar-refractivity contribution in [3.63, 3.8) is 0 Å². The second-order valence-electron chi connectivity index (χ2n) is 8.60. The number of hydrogen-bond donors (Lipinski definition) is 1. The Bertz CT molecular complexity index is 973. The first-order valence-corrected chi connectivity index (χ1v) is 12.7. The van der Waals surface area contributed by atoms with Gasteiger partial charge in [0.1, 0.15) is 17.7 Å². The van der Waals surface area contributed by atoms with Gasteiger partial charge in [-0.15, -0.1) is 11.8 Å². The van der Waals surface area contributed by atoms with Gasteiger partial charge in [0.25, 0.3) is 0 Å². The molecular weight excluding hydrogens is 440 g/mol. The first-order chi connectivity index (χ1) is 16.2. The fourth-order valence-corrected chi connectivity index (χ4v) is 5.54. The largest absolute Gasteiger partial charge is 0.490 e. The molecule has 0 amide bonds. The van der Waals surface area contributed by atoms with E-state index in [9.17, 15) is 4.79 Å². The number of esters is 1. The lowest BCUT2D eigenvalue weighted by Crippen LogP contribution is -2.39. The van der Waals surface area contributed by atoms with Crippen molar-refractivity contribution >= 4 is 29.5 Å². The number of carbonyl (C=O) groups excluding carboxylic acids is 1. The number of piperidine rings is 1. The summed E-state index contributed by atoms with van der Waals surface area (Å²) in [4.78, 5) is 25.0. The summed E-state index contributed by atoms with van der Waals surface area (Å²) in [5.41, 5.74) is 1.69. The molecule has 0 aliphatic carbocycles. The van der Waals surface area contributed by atoms with E-state index in [4.69, 9.17) is 24.2 Å². The molecule has 0 saturated carbocycles. The zero-order valence-electron chi connectivity index (χ0n) is 18.9. The molecule has 1 N–H and O–H groups in total. The average Bonchev–Trinajstić information content (AvgIpc) is 3.34. The van der Waals surface area contributed by atoms with Gasteiger partial charge in [-0.3, -0.25) is 0 Å². The summed E-state index contributed by atoms with van der Waals surface area (Å²) >= 11 is 1.86. The molecule has 4 heterocycles. The van der Waals surface area contributed by atoms with Crippen molar-refractivity contribution in [3.8, 4) is 5.75 Å². The Labute approximate surface area is 198 Å². The molecule has 0 unspecified atom stereocenters. The number of hydrogen-bond acceptors (Lipinski definition) is 9. The number of nitrogens with zero attached hydrogens (tertiary/aromatic N) is 3. The van der Waals surface area contributed by atoms with Crippen LogP contribution in [0.2, 0.25) is 0 Å². The van der Waals surface area contributed by atoms with Gasteiger partial charge in [0, 0.05) is 57.4 Å².